The number of benzene rings is 1. The van der Waals surface area contributed by atoms with E-state index < -0.39 is 9.85 Å². The van der Waals surface area contributed by atoms with Gasteiger partial charge in [-0.05, 0) is 26.3 Å². The first-order chi connectivity index (χ1) is 7.90. The van der Waals surface area contributed by atoms with Crippen molar-refractivity contribution in [3.8, 4) is 5.75 Å². The summed E-state index contributed by atoms with van der Waals surface area (Å²) in [4.78, 5) is 20.5. The molecule has 0 fully saturated rings. The topological polar surface area (TPSA) is 95.5 Å². The molecule has 0 aliphatic heterocycles. The molecular formula is C10H12N2O5. The van der Waals surface area contributed by atoms with E-state index in [1.54, 1.807) is 20.8 Å². The van der Waals surface area contributed by atoms with Crippen LogP contribution in [0.25, 0.3) is 0 Å². The third-order valence-corrected chi connectivity index (χ3v) is 2.42. The summed E-state index contributed by atoms with van der Waals surface area (Å²) in [7, 11) is 0. The molecule has 0 saturated carbocycles. The number of rotatable bonds is 4. The van der Waals surface area contributed by atoms with Crippen LogP contribution >= 0.6 is 0 Å². The van der Waals surface area contributed by atoms with Gasteiger partial charge in [-0.3, -0.25) is 20.2 Å². The van der Waals surface area contributed by atoms with E-state index in [0.29, 0.717) is 11.1 Å². The molecule has 0 aromatic heterocycles. The van der Waals surface area contributed by atoms with Crippen LogP contribution < -0.4 is 4.74 Å². The lowest BCUT2D eigenvalue weighted by Gasteiger charge is -2.08. The Labute approximate surface area is 97.3 Å². The van der Waals surface area contributed by atoms with Crippen molar-refractivity contribution in [2.75, 3.05) is 6.61 Å². The van der Waals surface area contributed by atoms with Crippen LogP contribution in [0.1, 0.15) is 18.1 Å². The van der Waals surface area contributed by atoms with E-state index in [1.165, 1.54) is 6.07 Å². The van der Waals surface area contributed by atoms with Crippen molar-refractivity contribution in [2.45, 2.75) is 20.8 Å². The Morgan fingerprint density at radius 3 is 2.24 bits per heavy atom. The predicted octanol–water partition coefficient (Wildman–Crippen LogP) is 2.52. The van der Waals surface area contributed by atoms with Gasteiger partial charge in [0.15, 0.2) is 0 Å². The second kappa shape index (κ2) is 4.77. The molecule has 1 rings (SSSR count). The molecular weight excluding hydrogens is 228 g/mol. The highest BCUT2D eigenvalue weighted by molar-refractivity contribution is 5.66. The first-order valence-electron chi connectivity index (χ1n) is 4.95. The number of ether oxygens (including phenoxy) is 1. The minimum Gasteiger partial charge on any atom is -0.482 e. The molecule has 1 aromatic rings. The maximum absolute atomic E-state index is 10.9. The summed E-state index contributed by atoms with van der Waals surface area (Å²) in [5.74, 6) is -0.273. The van der Waals surface area contributed by atoms with E-state index in [0.717, 1.165) is 0 Å². The van der Waals surface area contributed by atoms with Crippen LogP contribution in [0, 0.1) is 34.1 Å². The van der Waals surface area contributed by atoms with Gasteiger partial charge in [0.1, 0.15) is 0 Å². The van der Waals surface area contributed by atoms with Gasteiger partial charge in [0.2, 0.25) is 0 Å². The van der Waals surface area contributed by atoms with Gasteiger partial charge in [-0.15, -0.1) is 0 Å². The SMILES string of the molecule is CCOc1c([N+](=O)[O-])cc(C)c(C)c1[N+](=O)[O-]. The molecule has 0 N–H and O–H groups in total. The van der Waals surface area contributed by atoms with E-state index in [4.69, 9.17) is 4.74 Å². The lowest BCUT2D eigenvalue weighted by molar-refractivity contribution is -0.396. The summed E-state index contributed by atoms with van der Waals surface area (Å²) in [6.07, 6.45) is 0. The Hall–Kier alpha value is -2.18. The van der Waals surface area contributed by atoms with Crippen molar-refractivity contribution < 1.29 is 14.6 Å². The van der Waals surface area contributed by atoms with Crippen LogP contribution in [-0.4, -0.2) is 16.5 Å². The highest BCUT2D eigenvalue weighted by Gasteiger charge is 2.30. The number of hydrogen-bond acceptors (Lipinski definition) is 5. The molecule has 0 spiro atoms. The Morgan fingerprint density at radius 2 is 1.82 bits per heavy atom. The standard InChI is InChI=1S/C10H12N2O5/c1-4-17-10-8(11(13)14)5-6(2)7(3)9(10)12(15)16/h5H,4H2,1-3H3. The van der Waals surface area contributed by atoms with Crippen LogP contribution in [0.2, 0.25) is 0 Å². The molecule has 92 valence electrons. The Morgan fingerprint density at radius 1 is 1.24 bits per heavy atom. The van der Waals surface area contributed by atoms with E-state index in [1.807, 2.05) is 0 Å². The molecule has 0 saturated heterocycles. The van der Waals surface area contributed by atoms with Gasteiger partial charge in [-0.1, -0.05) is 0 Å². The van der Waals surface area contributed by atoms with Crippen LogP contribution in [0.5, 0.6) is 5.75 Å². The molecule has 0 aliphatic rings. The highest BCUT2D eigenvalue weighted by Crippen LogP contribution is 2.40. The summed E-state index contributed by atoms with van der Waals surface area (Å²) in [6, 6.07) is 1.29. The van der Waals surface area contributed by atoms with E-state index in [2.05, 4.69) is 0 Å². The zero-order valence-electron chi connectivity index (χ0n) is 9.72. The van der Waals surface area contributed by atoms with Crippen molar-refractivity contribution in [3.63, 3.8) is 0 Å². The van der Waals surface area contributed by atoms with Crippen LogP contribution in [0.4, 0.5) is 11.4 Å². The maximum Gasteiger partial charge on any atom is 0.321 e. The number of nitro groups is 2. The molecule has 0 unspecified atom stereocenters. The second-order valence-electron chi connectivity index (χ2n) is 3.46. The van der Waals surface area contributed by atoms with Gasteiger partial charge >= 0.3 is 11.4 Å². The zero-order valence-corrected chi connectivity index (χ0v) is 9.72. The van der Waals surface area contributed by atoms with E-state index in [9.17, 15) is 20.2 Å². The Bertz CT molecular complexity index is 484. The van der Waals surface area contributed by atoms with E-state index >= 15 is 0 Å². The molecule has 0 atom stereocenters. The summed E-state index contributed by atoms with van der Waals surface area (Å²) in [6.45, 7) is 4.87. The van der Waals surface area contributed by atoms with E-state index in [-0.39, 0.29) is 23.7 Å². The number of hydrogen-bond donors (Lipinski definition) is 0. The number of nitrogens with zero attached hydrogens (tertiary/aromatic N) is 2. The molecule has 0 bridgehead atoms. The van der Waals surface area contributed by atoms with Gasteiger partial charge in [0.25, 0.3) is 5.75 Å². The molecule has 7 heteroatoms. The first kappa shape index (κ1) is 12.9. The normalized spacial score (nSPS) is 10.1. The maximum atomic E-state index is 10.9. The third-order valence-electron chi connectivity index (χ3n) is 2.42. The van der Waals surface area contributed by atoms with Gasteiger partial charge in [-0.25, -0.2) is 0 Å². The molecule has 17 heavy (non-hydrogen) atoms. The van der Waals surface area contributed by atoms with Crippen LogP contribution in [-0.2, 0) is 0 Å². The van der Waals surface area contributed by atoms with Crippen LogP contribution in [0.3, 0.4) is 0 Å². The van der Waals surface area contributed by atoms with Crippen molar-refractivity contribution in [1.29, 1.82) is 0 Å². The fraction of sp³-hybridized carbons (Fsp3) is 0.400. The number of aryl methyl sites for hydroxylation is 1. The Balaban J connectivity index is 3.63. The minimum atomic E-state index is -0.676. The van der Waals surface area contributed by atoms with Crippen LogP contribution in [0.15, 0.2) is 6.07 Å². The largest absolute Gasteiger partial charge is 0.482 e. The minimum absolute atomic E-state index is 0.129. The lowest BCUT2D eigenvalue weighted by Crippen LogP contribution is -2.04. The fourth-order valence-electron chi connectivity index (χ4n) is 1.50. The zero-order chi connectivity index (χ0) is 13.2. The summed E-state index contributed by atoms with van der Waals surface area (Å²) in [5.41, 5.74) is 0.163. The van der Waals surface area contributed by atoms with Crippen molar-refractivity contribution >= 4 is 11.4 Å². The van der Waals surface area contributed by atoms with Gasteiger partial charge in [0, 0.05) is 11.6 Å². The molecule has 0 heterocycles. The molecule has 7 nitrogen and oxygen atoms in total. The molecule has 0 radical (unpaired) electrons. The summed E-state index contributed by atoms with van der Waals surface area (Å²) >= 11 is 0. The summed E-state index contributed by atoms with van der Waals surface area (Å²) < 4.78 is 5.04. The average Bonchev–Trinajstić information content (AvgIpc) is 2.22. The van der Waals surface area contributed by atoms with Gasteiger partial charge in [-0.2, -0.15) is 0 Å². The monoisotopic (exact) mass is 240 g/mol. The molecule has 1 aromatic carbocycles. The van der Waals surface area contributed by atoms with Gasteiger partial charge < -0.3 is 4.74 Å². The summed E-state index contributed by atoms with van der Waals surface area (Å²) in [5, 5.41) is 21.8. The predicted molar refractivity (Wildman–Crippen MR) is 60.4 cm³/mol. The second-order valence-corrected chi connectivity index (χ2v) is 3.46. The average molecular weight is 240 g/mol. The Kier molecular flexibility index (Phi) is 3.62. The fourth-order valence-corrected chi connectivity index (χ4v) is 1.50. The number of nitro benzene ring substituents is 2. The van der Waals surface area contributed by atoms with Crippen molar-refractivity contribution in [3.05, 3.63) is 37.4 Å². The first-order valence-corrected chi connectivity index (χ1v) is 4.95. The molecule has 0 amide bonds. The third kappa shape index (κ3) is 2.32. The molecule has 0 aliphatic carbocycles. The highest BCUT2D eigenvalue weighted by atomic mass is 16.6. The van der Waals surface area contributed by atoms with Crippen molar-refractivity contribution in [2.24, 2.45) is 0 Å². The van der Waals surface area contributed by atoms with Crippen molar-refractivity contribution in [1.82, 2.24) is 0 Å². The quantitative estimate of drug-likeness (QED) is 0.595. The lowest BCUT2D eigenvalue weighted by atomic mass is 10.1. The smallest absolute Gasteiger partial charge is 0.321 e. The van der Waals surface area contributed by atoms with Gasteiger partial charge in [0.05, 0.1) is 16.5 Å².